The highest BCUT2D eigenvalue weighted by Gasteiger charge is 2.02. The smallest absolute Gasteiger partial charge is 0.0743 e. The largest absolute Gasteiger partial charge is 0.389 e. The molecule has 0 spiro atoms. The van der Waals surface area contributed by atoms with Gasteiger partial charge in [-0.1, -0.05) is 39.3 Å². The molecule has 0 bridgehead atoms. The molecule has 0 fully saturated rings. The summed E-state index contributed by atoms with van der Waals surface area (Å²) >= 11 is 0. The highest BCUT2D eigenvalue weighted by Crippen LogP contribution is 2.02. The lowest BCUT2D eigenvalue weighted by Crippen LogP contribution is -2.10. The van der Waals surface area contributed by atoms with Crippen molar-refractivity contribution >= 4 is 0 Å². The van der Waals surface area contributed by atoms with Gasteiger partial charge in [0.1, 0.15) is 0 Å². The van der Waals surface area contributed by atoms with Crippen LogP contribution < -0.4 is 0 Å². The molecule has 0 aromatic rings. The Bertz CT molecular complexity index is 94.9. The van der Waals surface area contributed by atoms with Crippen LogP contribution in [-0.4, -0.2) is 11.2 Å². The van der Waals surface area contributed by atoms with Crippen LogP contribution in [0.4, 0.5) is 0 Å². The van der Waals surface area contributed by atoms with Crippen LogP contribution in [0.15, 0.2) is 12.2 Å². The van der Waals surface area contributed by atoms with Gasteiger partial charge in [0.15, 0.2) is 0 Å². The van der Waals surface area contributed by atoms with Crippen molar-refractivity contribution in [3.8, 4) is 0 Å². The van der Waals surface area contributed by atoms with Crippen LogP contribution in [-0.2, 0) is 0 Å². The molecule has 0 aromatic carbocycles. The second kappa shape index (κ2) is 5.48. The Morgan fingerprint density at radius 1 is 1.40 bits per heavy atom. The standard InChI is InChI=1S/C9H18O/c1-4-5-6-7-9(10)8(2)3/h6-10H,4-5H2,1-3H3/b7-6+/t9-/m0/s1. The van der Waals surface area contributed by atoms with E-state index in [9.17, 15) is 5.11 Å². The first kappa shape index (κ1) is 9.70. The number of hydrogen-bond donors (Lipinski definition) is 1. The van der Waals surface area contributed by atoms with E-state index in [1.165, 1.54) is 0 Å². The minimum atomic E-state index is -0.258. The maximum atomic E-state index is 9.27. The number of hydrogen-bond acceptors (Lipinski definition) is 1. The van der Waals surface area contributed by atoms with Crippen molar-refractivity contribution in [2.45, 2.75) is 39.7 Å². The van der Waals surface area contributed by atoms with Gasteiger partial charge in [-0.3, -0.25) is 0 Å². The first-order valence-electron chi connectivity index (χ1n) is 4.03. The third kappa shape index (κ3) is 4.57. The predicted molar refractivity (Wildman–Crippen MR) is 44.9 cm³/mol. The SMILES string of the molecule is CCC/C=C/[C@H](O)C(C)C. The second-order valence-corrected chi connectivity index (χ2v) is 2.95. The van der Waals surface area contributed by atoms with Crippen LogP contribution in [0.5, 0.6) is 0 Å². The summed E-state index contributed by atoms with van der Waals surface area (Å²) in [6.45, 7) is 6.16. The summed E-state index contributed by atoms with van der Waals surface area (Å²) in [7, 11) is 0. The van der Waals surface area contributed by atoms with E-state index in [-0.39, 0.29) is 6.10 Å². The van der Waals surface area contributed by atoms with Gasteiger partial charge in [0.25, 0.3) is 0 Å². The van der Waals surface area contributed by atoms with E-state index in [1.807, 2.05) is 26.0 Å². The molecule has 1 N–H and O–H groups in total. The molecule has 1 atom stereocenters. The van der Waals surface area contributed by atoms with Crippen molar-refractivity contribution in [3.05, 3.63) is 12.2 Å². The van der Waals surface area contributed by atoms with Crippen LogP contribution in [0, 0.1) is 5.92 Å². The summed E-state index contributed by atoms with van der Waals surface area (Å²) in [5, 5.41) is 9.27. The average Bonchev–Trinajstić information content (AvgIpc) is 1.88. The van der Waals surface area contributed by atoms with E-state index in [2.05, 4.69) is 6.92 Å². The molecule has 0 rings (SSSR count). The summed E-state index contributed by atoms with van der Waals surface area (Å²) in [6.07, 6.45) is 5.90. The quantitative estimate of drug-likeness (QED) is 0.597. The first-order valence-corrected chi connectivity index (χ1v) is 4.03. The normalized spacial score (nSPS) is 14.9. The number of rotatable bonds is 4. The molecule has 0 radical (unpaired) electrons. The Balaban J connectivity index is 3.45. The molecule has 0 aliphatic rings. The Labute approximate surface area is 63.8 Å². The molecule has 1 nitrogen and oxygen atoms in total. The summed E-state index contributed by atoms with van der Waals surface area (Å²) < 4.78 is 0. The molecule has 0 saturated heterocycles. The van der Waals surface area contributed by atoms with Crippen molar-refractivity contribution in [3.63, 3.8) is 0 Å². The molecule has 60 valence electrons. The Hall–Kier alpha value is -0.300. The maximum absolute atomic E-state index is 9.27. The molecular weight excluding hydrogens is 124 g/mol. The van der Waals surface area contributed by atoms with E-state index >= 15 is 0 Å². The van der Waals surface area contributed by atoms with Crippen LogP contribution in [0.2, 0.25) is 0 Å². The third-order valence-corrected chi connectivity index (χ3v) is 1.47. The zero-order valence-corrected chi connectivity index (χ0v) is 7.17. The van der Waals surface area contributed by atoms with Gasteiger partial charge in [-0.05, 0) is 12.3 Å². The molecule has 1 heteroatoms. The van der Waals surface area contributed by atoms with Gasteiger partial charge >= 0.3 is 0 Å². The van der Waals surface area contributed by atoms with Gasteiger partial charge in [-0.15, -0.1) is 0 Å². The lowest BCUT2D eigenvalue weighted by atomic mass is 10.1. The summed E-state index contributed by atoms with van der Waals surface area (Å²) in [5.41, 5.74) is 0. The fraction of sp³-hybridized carbons (Fsp3) is 0.778. The minimum absolute atomic E-state index is 0.258. The minimum Gasteiger partial charge on any atom is -0.389 e. The van der Waals surface area contributed by atoms with Crippen molar-refractivity contribution in [2.24, 2.45) is 5.92 Å². The molecule has 0 aliphatic carbocycles. The van der Waals surface area contributed by atoms with Crippen LogP contribution >= 0.6 is 0 Å². The van der Waals surface area contributed by atoms with Gasteiger partial charge < -0.3 is 5.11 Å². The van der Waals surface area contributed by atoms with Gasteiger partial charge in [0.2, 0.25) is 0 Å². The first-order chi connectivity index (χ1) is 4.68. The molecule has 0 aliphatic heterocycles. The Morgan fingerprint density at radius 2 is 2.00 bits per heavy atom. The molecule has 0 amide bonds. The zero-order valence-electron chi connectivity index (χ0n) is 7.17. The Kier molecular flexibility index (Phi) is 5.32. The van der Waals surface area contributed by atoms with Crippen molar-refractivity contribution in [2.75, 3.05) is 0 Å². The summed E-state index contributed by atoms with van der Waals surface area (Å²) in [4.78, 5) is 0. The predicted octanol–water partition coefficient (Wildman–Crippen LogP) is 2.36. The number of allylic oxidation sites excluding steroid dienone is 1. The van der Waals surface area contributed by atoms with Gasteiger partial charge in [0.05, 0.1) is 6.10 Å². The summed E-state index contributed by atoms with van der Waals surface area (Å²) in [6, 6.07) is 0. The highest BCUT2D eigenvalue weighted by molar-refractivity contribution is 4.89. The lowest BCUT2D eigenvalue weighted by Gasteiger charge is -2.07. The van der Waals surface area contributed by atoms with Crippen molar-refractivity contribution in [1.29, 1.82) is 0 Å². The maximum Gasteiger partial charge on any atom is 0.0743 e. The van der Waals surface area contributed by atoms with E-state index in [0.717, 1.165) is 12.8 Å². The molecular formula is C9H18O. The monoisotopic (exact) mass is 142 g/mol. The number of aliphatic hydroxyl groups excluding tert-OH is 1. The van der Waals surface area contributed by atoms with Crippen LogP contribution in [0.1, 0.15) is 33.6 Å². The fourth-order valence-corrected chi connectivity index (χ4v) is 0.625. The van der Waals surface area contributed by atoms with Gasteiger partial charge in [-0.25, -0.2) is 0 Å². The van der Waals surface area contributed by atoms with E-state index < -0.39 is 0 Å². The molecule has 10 heavy (non-hydrogen) atoms. The number of aliphatic hydroxyl groups is 1. The fourth-order valence-electron chi connectivity index (χ4n) is 0.625. The molecule has 0 saturated carbocycles. The van der Waals surface area contributed by atoms with Crippen molar-refractivity contribution in [1.82, 2.24) is 0 Å². The number of unbranched alkanes of at least 4 members (excludes halogenated alkanes) is 1. The van der Waals surface area contributed by atoms with Crippen LogP contribution in [0.3, 0.4) is 0 Å². The highest BCUT2D eigenvalue weighted by atomic mass is 16.3. The third-order valence-electron chi connectivity index (χ3n) is 1.47. The van der Waals surface area contributed by atoms with Crippen molar-refractivity contribution < 1.29 is 5.11 Å². The summed E-state index contributed by atoms with van der Waals surface area (Å²) in [5.74, 6) is 0.341. The zero-order chi connectivity index (χ0) is 7.98. The Morgan fingerprint density at radius 3 is 2.40 bits per heavy atom. The molecule has 0 aromatic heterocycles. The van der Waals surface area contributed by atoms with Gasteiger partial charge in [0, 0.05) is 0 Å². The van der Waals surface area contributed by atoms with E-state index in [0.29, 0.717) is 5.92 Å². The van der Waals surface area contributed by atoms with Crippen LogP contribution in [0.25, 0.3) is 0 Å². The molecule has 0 heterocycles. The van der Waals surface area contributed by atoms with E-state index in [4.69, 9.17) is 0 Å². The second-order valence-electron chi connectivity index (χ2n) is 2.95. The van der Waals surface area contributed by atoms with E-state index in [1.54, 1.807) is 0 Å². The average molecular weight is 142 g/mol. The lowest BCUT2D eigenvalue weighted by molar-refractivity contribution is 0.172. The topological polar surface area (TPSA) is 20.2 Å². The molecule has 0 unspecified atom stereocenters. The van der Waals surface area contributed by atoms with Gasteiger partial charge in [-0.2, -0.15) is 0 Å².